The summed E-state index contributed by atoms with van der Waals surface area (Å²) >= 11 is 0. The Kier molecular flexibility index (Phi) is 0.988. The predicted octanol–water partition coefficient (Wildman–Crippen LogP) is 0.892. The first kappa shape index (κ1) is 7.79. The third kappa shape index (κ3) is 0.469. The normalized spacial score (nSPS) is 38.7. The highest BCUT2D eigenvalue weighted by Gasteiger charge is 2.71. The Morgan fingerprint density at radius 1 is 1.00 bits per heavy atom. The van der Waals surface area contributed by atoms with Crippen LogP contribution in [0.15, 0.2) is 16.5 Å². The van der Waals surface area contributed by atoms with Crippen LogP contribution in [-0.2, 0) is 25.2 Å². The van der Waals surface area contributed by atoms with Crippen LogP contribution in [0.4, 0.5) is 0 Å². The molecule has 0 aliphatic carbocycles. The van der Waals surface area contributed by atoms with Gasteiger partial charge < -0.3 is 9.15 Å². The average molecular weight is 192 g/mol. The maximum Gasteiger partial charge on any atom is 0.328 e. The van der Waals surface area contributed by atoms with Crippen LogP contribution < -0.4 is 0 Å². The second kappa shape index (κ2) is 1.78. The Labute approximate surface area is 79.8 Å². The molecule has 3 rings (SSSR count). The van der Waals surface area contributed by atoms with E-state index in [-0.39, 0.29) is 0 Å². The average Bonchev–Trinajstić information content (AvgIpc) is 2.73. The van der Waals surface area contributed by atoms with Gasteiger partial charge in [0, 0.05) is 0 Å². The van der Waals surface area contributed by atoms with E-state index in [1.54, 1.807) is 26.0 Å². The van der Waals surface area contributed by atoms with Gasteiger partial charge in [-0.3, -0.25) is 9.59 Å². The summed E-state index contributed by atoms with van der Waals surface area (Å²) in [5.74, 6) is 0.00963. The summed E-state index contributed by atoms with van der Waals surface area (Å²) in [7, 11) is 0. The Bertz CT molecular complexity index is 432. The number of carbonyl (C=O) groups is 2. The van der Waals surface area contributed by atoms with Crippen molar-refractivity contribution in [2.45, 2.75) is 24.7 Å². The first-order valence-electron chi connectivity index (χ1n) is 4.39. The number of cyclic esters (lactones) is 2. The molecule has 0 amide bonds. The van der Waals surface area contributed by atoms with Gasteiger partial charge in [0.15, 0.2) is 0 Å². The number of carbonyl (C=O) groups excluding carboxylic acids is 2. The van der Waals surface area contributed by atoms with Gasteiger partial charge in [0.25, 0.3) is 0 Å². The van der Waals surface area contributed by atoms with E-state index in [2.05, 4.69) is 4.74 Å². The molecule has 1 aromatic heterocycles. The van der Waals surface area contributed by atoms with E-state index in [4.69, 9.17) is 4.42 Å². The second-order valence-corrected chi connectivity index (χ2v) is 4.09. The number of esters is 2. The van der Waals surface area contributed by atoms with Gasteiger partial charge in [0.2, 0.25) is 0 Å². The van der Waals surface area contributed by atoms with Crippen LogP contribution in [0.25, 0.3) is 0 Å². The van der Waals surface area contributed by atoms with Crippen molar-refractivity contribution in [3.63, 3.8) is 0 Å². The van der Waals surface area contributed by atoms with Gasteiger partial charge in [0.05, 0.1) is 0 Å². The molecular weight excluding hydrogens is 184 g/mol. The summed E-state index contributed by atoms with van der Waals surface area (Å²) in [5.41, 5.74) is -1.90. The molecule has 2 aliphatic rings. The Morgan fingerprint density at radius 2 is 1.43 bits per heavy atom. The molecule has 14 heavy (non-hydrogen) atoms. The molecule has 0 saturated carbocycles. The minimum absolute atomic E-state index is 0.514. The lowest BCUT2D eigenvalue weighted by molar-refractivity contribution is -0.154. The van der Waals surface area contributed by atoms with Crippen molar-refractivity contribution in [3.8, 4) is 0 Å². The van der Waals surface area contributed by atoms with Crippen molar-refractivity contribution in [2.24, 2.45) is 0 Å². The van der Waals surface area contributed by atoms with Crippen molar-refractivity contribution >= 4 is 11.9 Å². The number of fused-ring (bicyclic) bond motifs is 5. The highest BCUT2D eigenvalue weighted by Crippen LogP contribution is 2.56. The SMILES string of the molecule is CC12C(=O)OC(=O)C1(C)c1ccc2o1. The van der Waals surface area contributed by atoms with Crippen molar-refractivity contribution in [1.29, 1.82) is 0 Å². The molecule has 2 bridgehead atoms. The molecule has 0 N–H and O–H groups in total. The van der Waals surface area contributed by atoms with E-state index in [9.17, 15) is 9.59 Å². The molecule has 2 unspecified atom stereocenters. The van der Waals surface area contributed by atoms with Gasteiger partial charge >= 0.3 is 11.9 Å². The van der Waals surface area contributed by atoms with E-state index < -0.39 is 22.8 Å². The fourth-order valence-corrected chi connectivity index (χ4v) is 2.27. The third-order valence-corrected chi connectivity index (χ3v) is 3.59. The van der Waals surface area contributed by atoms with E-state index in [0.717, 1.165) is 0 Å². The summed E-state index contributed by atoms with van der Waals surface area (Å²) in [6, 6.07) is 3.44. The fourth-order valence-electron chi connectivity index (χ4n) is 2.27. The molecule has 4 nitrogen and oxygen atoms in total. The molecule has 0 spiro atoms. The minimum atomic E-state index is -0.950. The van der Waals surface area contributed by atoms with Gasteiger partial charge in [-0.05, 0) is 26.0 Å². The van der Waals surface area contributed by atoms with E-state index in [1.807, 2.05) is 0 Å². The maximum atomic E-state index is 11.6. The molecular formula is C10H8O4. The smallest absolute Gasteiger partial charge is 0.328 e. The van der Waals surface area contributed by atoms with Gasteiger partial charge in [-0.2, -0.15) is 0 Å². The first-order valence-corrected chi connectivity index (χ1v) is 4.39. The Morgan fingerprint density at radius 3 is 1.86 bits per heavy atom. The van der Waals surface area contributed by atoms with Gasteiger partial charge in [-0.15, -0.1) is 0 Å². The number of furan rings is 1. The number of hydrogen-bond donors (Lipinski definition) is 0. The molecule has 0 aromatic carbocycles. The molecule has 1 aromatic rings. The Balaban J connectivity index is 2.39. The number of hydrogen-bond acceptors (Lipinski definition) is 4. The van der Waals surface area contributed by atoms with E-state index in [1.165, 1.54) is 0 Å². The summed E-state index contributed by atoms with van der Waals surface area (Å²) in [6.07, 6.45) is 0. The zero-order valence-corrected chi connectivity index (χ0v) is 7.79. The molecule has 2 aliphatic heterocycles. The van der Waals surface area contributed by atoms with Crippen LogP contribution in [0.5, 0.6) is 0 Å². The topological polar surface area (TPSA) is 56.5 Å². The fraction of sp³-hybridized carbons (Fsp3) is 0.400. The van der Waals surface area contributed by atoms with Crippen molar-refractivity contribution in [2.75, 3.05) is 0 Å². The van der Waals surface area contributed by atoms with Crippen molar-refractivity contribution in [3.05, 3.63) is 23.7 Å². The van der Waals surface area contributed by atoms with Gasteiger partial charge in [-0.1, -0.05) is 0 Å². The highest BCUT2D eigenvalue weighted by atomic mass is 16.6. The van der Waals surface area contributed by atoms with Crippen LogP contribution in [0, 0.1) is 0 Å². The summed E-state index contributed by atoms with van der Waals surface area (Å²) in [6.45, 7) is 3.37. The van der Waals surface area contributed by atoms with E-state index >= 15 is 0 Å². The largest absolute Gasteiger partial charge is 0.464 e. The predicted molar refractivity (Wildman–Crippen MR) is 44.5 cm³/mol. The lowest BCUT2D eigenvalue weighted by Crippen LogP contribution is -2.45. The quantitative estimate of drug-likeness (QED) is 0.452. The number of rotatable bonds is 0. The maximum absolute atomic E-state index is 11.6. The standard InChI is InChI=1S/C10H8O4/c1-9-5-3-4-6(13-5)10(9,2)8(12)14-7(9)11/h3-4H,1-2H3. The second-order valence-electron chi connectivity index (χ2n) is 4.09. The zero-order valence-electron chi connectivity index (χ0n) is 7.79. The molecule has 72 valence electrons. The molecule has 1 fully saturated rings. The molecule has 4 heteroatoms. The molecule has 3 heterocycles. The zero-order chi connectivity index (χ0) is 10.1. The lowest BCUT2D eigenvalue weighted by Gasteiger charge is -2.26. The number of ether oxygens (including phenoxy) is 1. The summed E-state index contributed by atoms with van der Waals surface area (Å²) in [4.78, 5) is 23.2. The molecule has 2 atom stereocenters. The highest BCUT2D eigenvalue weighted by molar-refractivity contribution is 6.08. The third-order valence-electron chi connectivity index (χ3n) is 3.59. The molecule has 0 radical (unpaired) electrons. The van der Waals surface area contributed by atoms with Crippen LogP contribution in [-0.4, -0.2) is 11.9 Å². The monoisotopic (exact) mass is 192 g/mol. The minimum Gasteiger partial charge on any atom is -0.464 e. The lowest BCUT2D eigenvalue weighted by atomic mass is 9.64. The van der Waals surface area contributed by atoms with Crippen molar-refractivity contribution in [1.82, 2.24) is 0 Å². The summed E-state index contributed by atoms with van der Waals surface area (Å²) < 4.78 is 10.1. The van der Waals surface area contributed by atoms with Crippen LogP contribution in [0.3, 0.4) is 0 Å². The van der Waals surface area contributed by atoms with Crippen molar-refractivity contribution < 1.29 is 18.7 Å². The van der Waals surface area contributed by atoms with Crippen LogP contribution >= 0.6 is 0 Å². The first-order chi connectivity index (χ1) is 6.51. The van der Waals surface area contributed by atoms with E-state index in [0.29, 0.717) is 11.5 Å². The van der Waals surface area contributed by atoms with Gasteiger partial charge in [0.1, 0.15) is 22.4 Å². The van der Waals surface area contributed by atoms with Crippen LogP contribution in [0.2, 0.25) is 0 Å². The summed E-state index contributed by atoms with van der Waals surface area (Å²) in [5, 5.41) is 0. The van der Waals surface area contributed by atoms with Crippen LogP contribution in [0.1, 0.15) is 25.4 Å². The molecule has 1 saturated heterocycles. The van der Waals surface area contributed by atoms with Gasteiger partial charge in [-0.25, -0.2) is 0 Å². The Hall–Kier alpha value is -1.58.